The predicted octanol–water partition coefficient (Wildman–Crippen LogP) is 3.63. The second-order valence-electron chi connectivity index (χ2n) is 2.04. The topological polar surface area (TPSA) is 0 Å². The van der Waals surface area contributed by atoms with Gasteiger partial charge in [0.05, 0.1) is 0 Å². The molecule has 0 unspecified atom stereocenters. The summed E-state index contributed by atoms with van der Waals surface area (Å²) >= 11 is 0. The van der Waals surface area contributed by atoms with E-state index in [2.05, 4.69) is 20.1 Å². The zero-order chi connectivity index (χ0) is 7.70. The molecular formula is C9H20. The molecule has 1 fully saturated rings. The standard InChI is InChI=1S/C5H10.C2H6.C2H4/c1-5-3-2-4-5;2*1-2/h5H,2-4H2,1H3;1-2H3;1-2H2. The van der Waals surface area contributed by atoms with Crippen LogP contribution in [0.2, 0.25) is 0 Å². The summed E-state index contributed by atoms with van der Waals surface area (Å²) in [4.78, 5) is 0. The molecule has 0 nitrogen and oxygen atoms in total. The van der Waals surface area contributed by atoms with E-state index in [-0.39, 0.29) is 0 Å². The van der Waals surface area contributed by atoms with Crippen molar-refractivity contribution in [3.8, 4) is 0 Å². The van der Waals surface area contributed by atoms with Crippen molar-refractivity contribution >= 4 is 0 Å². The lowest BCUT2D eigenvalue weighted by Crippen LogP contribution is -2.04. The van der Waals surface area contributed by atoms with Gasteiger partial charge in [-0.2, -0.15) is 0 Å². The minimum absolute atomic E-state index is 1.06. The van der Waals surface area contributed by atoms with E-state index in [1.165, 1.54) is 19.3 Å². The molecule has 0 spiro atoms. The van der Waals surface area contributed by atoms with E-state index in [9.17, 15) is 0 Å². The molecule has 0 aromatic rings. The first-order valence-electron chi connectivity index (χ1n) is 3.89. The van der Waals surface area contributed by atoms with Crippen molar-refractivity contribution in [3.05, 3.63) is 13.2 Å². The van der Waals surface area contributed by atoms with E-state index in [0.717, 1.165) is 5.92 Å². The third-order valence-corrected chi connectivity index (χ3v) is 1.39. The predicted molar refractivity (Wildman–Crippen MR) is 45.6 cm³/mol. The quantitative estimate of drug-likeness (QED) is 0.437. The Morgan fingerprint density at radius 1 is 1.11 bits per heavy atom. The Kier molecular flexibility index (Phi) is 13.7. The monoisotopic (exact) mass is 128 g/mol. The Bertz CT molecular complexity index is 35.3. The maximum Gasteiger partial charge on any atom is -0.0443 e. The van der Waals surface area contributed by atoms with Crippen molar-refractivity contribution in [1.29, 1.82) is 0 Å². The van der Waals surface area contributed by atoms with E-state index in [1.54, 1.807) is 0 Å². The Morgan fingerprint density at radius 2 is 1.33 bits per heavy atom. The van der Waals surface area contributed by atoms with E-state index in [4.69, 9.17) is 0 Å². The van der Waals surface area contributed by atoms with Crippen LogP contribution >= 0.6 is 0 Å². The van der Waals surface area contributed by atoms with E-state index in [0.29, 0.717) is 0 Å². The van der Waals surface area contributed by atoms with Crippen LogP contribution in [0.5, 0.6) is 0 Å². The molecule has 0 saturated heterocycles. The summed E-state index contributed by atoms with van der Waals surface area (Å²) in [6.07, 6.45) is 4.46. The van der Waals surface area contributed by atoms with Gasteiger partial charge in [0.25, 0.3) is 0 Å². The zero-order valence-corrected chi connectivity index (χ0v) is 7.11. The van der Waals surface area contributed by atoms with Crippen LogP contribution in [0, 0.1) is 5.92 Å². The summed E-state index contributed by atoms with van der Waals surface area (Å²) in [6.45, 7) is 12.3. The van der Waals surface area contributed by atoms with Crippen molar-refractivity contribution in [2.45, 2.75) is 40.0 Å². The van der Waals surface area contributed by atoms with Crippen LogP contribution in [0.4, 0.5) is 0 Å². The lowest BCUT2D eigenvalue weighted by Gasteiger charge is -2.18. The fraction of sp³-hybridized carbons (Fsp3) is 0.778. The second kappa shape index (κ2) is 10.7. The molecule has 0 aliphatic heterocycles. The number of hydrogen-bond donors (Lipinski definition) is 0. The van der Waals surface area contributed by atoms with E-state index in [1.807, 2.05) is 13.8 Å². The van der Waals surface area contributed by atoms with Gasteiger partial charge < -0.3 is 0 Å². The van der Waals surface area contributed by atoms with Gasteiger partial charge in [0.15, 0.2) is 0 Å². The highest BCUT2D eigenvalue weighted by Gasteiger charge is 2.09. The molecule has 0 bridgehead atoms. The molecule has 0 amide bonds. The van der Waals surface area contributed by atoms with Crippen LogP contribution in [-0.4, -0.2) is 0 Å². The molecule has 0 aromatic carbocycles. The van der Waals surface area contributed by atoms with Crippen molar-refractivity contribution in [2.24, 2.45) is 5.92 Å². The van der Waals surface area contributed by atoms with E-state index < -0.39 is 0 Å². The van der Waals surface area contributed by atoms with Crippen LogP contribution in [0.3, 0.4) is 0 Å². The van der Waals surface area contributed by atoms with Gasteiger partial charge >= 0.3 is 0 Å². The SMILES string of the molecule is C=C.CC.CC1CCC1. The normalized spacial score (nSPS) is 15.4. The molecule has 0 atom stereocenters. The van der Waals surface area contributed by atoms with Crippen LogP contribution < -0.4 is 0 Å². The van der Waals surface area contributed by atoms with Crippen molar-refractivity contribution in [3.63, 3.8) is 0 Å². The van der Waals surface area contributed by atoms with Crippen LogP contribution in [0.1, 0.15) is 40.0 Å². The average molecular weight is 128 g/mol. The molecule has 0 heterocycles. The third kappa shape index (κ3) is 7.74. The first-order chi connectivity index (χ1) is 4.39. The Morgan fingerprint density at radius 3 is 1.33 bits per heavy atom. The number of hydrogen-bond acceptors (Lipinski definition) is 0. The maximum atomic E-state index is 3.00. The molecule has 1 rings (SSSR count). The van der Waals surface area contributed by atoms with Gasteiger partial charge in [-0.05, 0) is 5.92 Å². The Hall–Kier alpha value is -0.260. The number of rotatable bonds is 0. The first-order valence-corrected chi connectivity index (χ1v) is 3.89. The second-order valence-corrected chi connectivity index (χ2v) is 2.04. The molecule has 9 heavy (non-hydrogen) atoms. The first kappa shape index (κ1) is 11.5. The zero-order valence-electron chi connectivity index (χ0n) is 7.11. The van der Waals surface area contributed by atoms with Crippen LogP contribution in [-0.2, 0) is 0 Å². The molecule has 0 radical (unpaired) electrons. The van der Waals surface area contributed by atoms with Crippen molar-refractivity contribution in [2.75, 3.05) is 0 Å². The summed E-state index contributed by atoms with van der Waals surface area (Å²) in [6, 6.07) is 0. The van der Waals surface area contributed by atoms with Gasteiger partial charge in [-0.1, -0.05) is 40.0 Å². The highest BCUT2D eigenvalue weighted by atomic mass is 14.1. The average Bonchev–Trinajstić information content (AvgIpc) is 1.93. The summed E-state index contributed by atoms with van der Waals surface area (Å²) in [5.74, 6) is 1.06. The molecule has 1 aliphatic carbocycles. The highest BCUT2D eigenvalue weighted by Crippen LogP contribution is 2.24. The van der Waals surface area contributed by atoms with Crippen LogP contribution in [0.15, 0.2) is 13.2 Å². The molecular weight excluding hydrogens is 108 g/mol. The minimum Gasteiger partial charge on any atom is -0.106 e. The summed E-state index contributed by atoms with van der Waals surface area (Å²) < 4.78 is 0. The van der Waals surface area contributed by atoms with Gasteiger partial charge in [0, 0.05) is 0 Å². The molecule has 1 aliphatic rings. The molecule has 0 N–H and O–H groups in total. The molecule has 0 aromatic heterocycles. The largest absolute Gasteiger partial charge is 0.106 e. The smallest absolute Gasteiger partial charge is 0.0443 e. The lowest BCUT2D eigenvalue weighted by atomic mass is 9.88. The highest BCUT2D eigenvalue weighted by molar-refractivity contribution is 4.62. The molecule has 1 saturated carbocycles. The third-order valence-electron chi connectivity index (χ3n) is 1.39. The van der Waals surface area contributed by atoms with Crippen LogP contribution in [0.25, 0.3) is 0 Å². The molecule has 0 heteroatoms. The fourth-order valence-electron chi connectivity index (χ4n) is 0.612. The van der Waals surface area contributed by atoms with Gasteiger partial charge in [-0.3, -0.25) is 0 Å². The summed E-state index contributed by atoms with van der Waals surface area (Å²) in [5, 5.41) is 0. The van der Waals surface area contributed by atoms with E-state index >= 15 is 0 Å². The molecule has 56 valence electrons. The Balaban J connectivity index is 0. The Labute approximate surface area is 60.0 Å². The van der Waals surface area contributed by atoms with Crippen molar-refractivity contribution < 1.29 is 0 Å². The van der Waals surface area contributed by atoms with Gasteiger partial charge in [0.1, 0.15) is 0 Å². The van der Waals surface area contributed by atoms with Crippen molar-refractivity contribution in [1.82, 2.24) is 0 Å². The van der Waals surface area contributed by atoms with Gasteiger partial charge in [-0.15, -0.1) is 13.2 Å². The summed E-state index contributed by atoms with van der Waals surface area (Å²) in [7, 11) is 0. The maximum absolute atomic E-state index is 3.00. The van der Waals surface area contributed by atoms with Gasteiger partial charge in [-0.25, -0.2) is 0 Å². The summed E-state index contributed by atoms with van der Waals surface area (Å²) in [5.41, 5.74) is 0. The van der Waals surface area contributed by atoms with Gasteiger partial charge in [0.2, 0.25) is 0 Å². The minimum atomic E-state index is 1.06. The lowest BCUT2D eigenvalue weighted by molar-refractivity contribution is 0.346. The fourth-order valence-corrected chi connectivity index (χ4v) is 0.612.